The van der Waals surface area contributed by atoms with Crippen molar-refractivity contribution in [3.05, 3.63) is 43.0 Å². The monoisotopic (exact) mass is 328 g/mol. The molecule has 0 aliphatic heterocycles. The second-order valence-electron chi connectivity index (χ2n) is 5.47. The van der Waals surface area contributed by atoms with Crippen LogP contribution in [-0.2, 0) is 0 Å². The standard InChI is InChI=1S/C16H12N2O2S2/c1-5-6(2)18-12-11(17-5)13(19)10-9-7(3)21-8(4)15(9)22-16(10)14(12)20/h1-4H3. The molecule has 0 saturated carbocycles. The minimum Gasteiger partial charge on any atom is -0.287 e. The molecule has 4 rings (SSSR count). The zero-order valence-corrected chi connectivity index (χ0v) is 14.2. The first-order valence-electron chi connectivity index (χ1n) is 6.87. The molecule has 1 aliphatic rings. The SMILES string of the molecule is Cc1nc2c(nc1C)C(=O)c1c(sc3c(C)sc(C)c13)C2=O. The van der Waals surface area contributed by atoms with E-state index in [0.717, 1.165) is 19.8 Å². The molecule has 0 atom stereocenters. The summed E-state index contributed by atoms with van der Waals surface area (Å²) in [5.74, 6) is -0.349. The van der Waals surface area contributed by atoms with E-state index in [1.807, 2.05) is 13.8 Å². The van der Waals surface area contributed by atoms with Crippen molar-refractivity contribution >= 4 is 44.3 Å². The Labute approximate surface area is 134 Å². The third-order valence-corrected chi connectivity index (χ3v) is 6.51. The van der Waals surface area contributed by atoms with Gasteiger partial charge >= 0.3 is 0 Å². The summed E-state index contributed by atoms with van der Waals surface area (Å²) in [6, 6.07) is 0. The Morgan fingerprint density at radius 3 is 2.00 bits per heavy atom. The van der Waals surface area contributed by atoms with Crippen LogP contribution >= 0.6 is 22.7 Å². The normalized spacial score (nSPS) is 13.6. The van der Waals surface area contributed by atoms with Crippen molar-refractivity contribution in [2.24, 2.45) is 0 Å². The highest BCUT2D eigenvalue weighted by atomic mass is 32.1. The maximum atomic E-state index is 12.9. The number of hydrogen-bond donors (Lipinski definition) is 0. The predicted molar refractivity (Wildman–Crippen MR) is 87.5 cm³/mol. The van der Waals surface area contributed by atoms with Crippen LogP contribution in [0.3, 0.4) is 0 Å². The molecular weight excluding hydrogens is 316 g/mol. The van der Waals surface area contributed by atoms with Crippen molar-refractivity contribution < 1.29 is 9.59 Å². The van der Waals surface area contributed by atoms with Gasteiger partial charge < -0.3 is 0 Å². The van der Waals surface area contributed by atoms with Crippen LogP contribution in [0.15, 0.2) is 0 Å². The Morgan fingerprint density at radius 1 is 0.773 bits per heavy atom. The Balaban J connectivity index is 2.11. The number of ketones is 2. The summed E-state index contributed by atoms with van der Waals surface area (Å²) in [7, 11) is 0. The average molecular weight is 328 g/mol. The van der Waals surface area contributed by atoms with Crippen LogP contribution in [0.1, 0.15) is 52.6 Å². The maximum absolute atomic E-state index is 12.9. The van der Waals surface area contributed by atoms with E-state index in [9.17, 15) is 9.59 Å². The molecule has 4 nitrogen and oxygen atoms in total. The number of thiophene rings is 2. The number of hydrogen-bond acceptors (Lipinski definition) is 6. The lowest BCUT2D eigenvalue weighted by Crippen LogP contribution is -2.23. The highest BCUT2D eigenvalue weighted by Crippen LogP contribution is 2.43. The van der Waals surface area contributed by atoms with Crippen LogP contribution in [0.25, 0.3) is 10.1 Å². The van der Waals surface area contributed by atoms with Crippen molar-refractivity contribution in [2.45, 2.75) is 27.7 Å². The molecule has 0 amide bonds. The van der Waals surface area contributed by atoms with E-state index in [2.05, 4.69) is 9.97 Å². The fraction of sp³-hybridized carbons (Fsp3) is 0.250. The minimum atomic E-state index is -0.176. The first-order valence-corrected chi connectivity index (χ1v) is 8.50. The Bertz CT molecular complexity index is 1010. The molecule has 0 unspecified atom stereocenters. The summed E-state index contributed by atoms with van der Waals surface area (Å²) in [5.41, 5.74) is 2.30. The van der Waals surface area contributed by atoms with Gasteiger partial charge in [-0.1, -0.05) is 0 Å². The highest BCUT2D eigenvalue weighted by Gasteiger charge is 2.37. The predicted octanol–water partition coefficient (Wildman–Crippen LogP) is 3.76. The molecule has 22 heavy (non-hydrogen) atoms. The van der Waals surface area contributed by atoms with Crippen molar-refractivity contribution in [3.8, 4) is 0 Å². The number of rotatable bonds is 0. The van der Waals surface area contributed by atoms with Crippen LogP contribution in [-0.4, -0.2) is 21.5 Å². The number of aromatic nitrogens is 2. The fourth-order valence-corrected chi connectivity index (χ4v) is 5.33. The van der Waals surface area contributed by atoms with Crippen molar-refractivity contribution in [3.63, 3.8) is 0 Å². The van der Waals surface area contributed by atoms with E-state index in [4.69, 9.17) is 0 Å². The number of carbonyl (C=O) groups excluding carboxylic acids is 2. The van der Waals surface area contributed by atoms with Crippen LogP contribution in [0, 0.1) is 27.7 Å². The Hall–Kier alpha value is -1.92. The van der Waals surface area contributed by atoms with E-state index in [1.165, 1.54) is 11.3 Å². The number of nitrogens with zero attached hydrogens (tertiary/aromatic N) is 2. The van der Waals surface area contributed by atoms with Gasteiger partial charge in [-0.05, 0) is 27.7 Å². The van der Waals surface area contributed by atoms with Gasteiger partial charge in [0.05, 0.1) is 21.8 Å². The molecular formula is C16H12N2O2S2. The molecule has 0 spiro atoms. The second-order valence-corrected chi connectivity index (χ2v) is 7.92. The molecule has 3 aromatic rings. The molecule has 0 N–H and O–H groups in total. The van der Waals surface area contributed by atoms with Crippen LogP contribution in [0.5, 0.6) is 0 Å². The summed E-state index contributed by atoms with van der Waals surface area (Å²) < 4.78 is 1.04. The van der Waals surface area contributed by atoms with Crippen LogP contribution < -0.4 is 0 Å². The largest absolute Gasteiger partial charge is 0.287 e. The molecule has 0 fully saturated rings. The van der Waals surface area contributed by atoms with Crippen molar-refractivity contribution in [1.82, 2.24) is 9.97 Å². The number of carbonyl (C=O) groups is 2. The first-order chi connectivity index (χ1) is 10.4. The van der Waals surface area contributed by atoms with E-state index in [0.29, 0.717) is 21.8 Å². The van der Waals surface area contributed by atoms with Gasteiger partial charge in [0.15, 0.2) is 0 Å². The molecule has 3 aromatic heterocycles. The summed E-state index contributed by atoms with van der Waals surface area (Å²) in [6.07, 6.45) is 0. The van der Waals surface area contributed by atoms with E-state index in [1.54, 1.807) is 25.2 Å². The number of fused-ring (bicyclic) bond motifs is 4. The molecule has 0 radical (unpaired) electrons. The fourth-order valence-electron chi connectivity index (χ4n) is 2.86. The molecule has 0 bridgehead atoms. The lowest BCUT2D eigenvalue weighted by molar-refractivity contribution is 0.0975. The zero-order valence-electron chi connectivity index (χ0n) is 12.5. The quantitative estimate of drug-likeness (QED) is 0.493. The average Bonchev–Trinajstić information content (AvgIpc) is 2.98. The smallest absolute Gasteiger partial charge is 0.224 e. The summed E-state index contributed by atoms with van der Waals surface area (Å²) in [6.45, 7) is 7.62. The van der Waals surface area contributed by atoms with Gasteiger partial charge in [0.25, 0.3) is 0 Å². The van der Waals surface area contributed by atoms with Gasteiger partial charge in [0, 0.05) is 19.8 Å². The lowest BCUT2D eigenvalue weighted by atomic mass is 9.94. The molecule has 6 heteroatoms. The second kappa shape index (κ2) is 4.30. The van der Waals surface area contributed by atoms with Gasteiger partial charge in [-0.25, -0.2) is 9.97 Å². The highest BCUT2D eigenvalue weighted by molar-refractivity contribution is 7.26. The zero-order chi connectivity index (χ0) is 15.8. The van der Waals surface area contributed by atoms with Gasteiger partial charge in [-0.2, -0.15) is 0 Å². The third kappa shape index (κ3) is 1.56. The Kier molecular flexibility index (Phi) is 2.68. The molecule has 3 heterocycles. The minimum absolute atomic E-state index is 0.174. The van der Waals surface area contributed by atoms with E-state index >= 15 is 0 Å². The molecule has 0 aromatic carbocycles. The van der Waals surface area contributed by atoms with Crippen LogP contribution in [0.2, 0.25) is 0 Å². The Morgan fingerprint density at radius 2 is 1.36 bits per heavy atom. The lowest BCUT2D eigenvalue weighted by Gasteiger charge is -2.14. The van der Waals surface area contributed by atoms with Crippen LogP contribution in [0.4, 0.5) is 0 Å². The van der Waals surface area contributed by atoms with Gasteiger partial charge in [-0.15, -0.1) is 22.7 Å². The summed E-state index contributed by atoms with van der Waals surface area (Å²) in [5, 5.41) is 0.923. The van der Waals surface area contributed by atoms with Gasteiger partial charge in [0.2, 0.25) is 11.6 Å². The topological polar surface area (TPSA) is 59.9 Å². The van der Waals surface area contributed by atoms with Crippen molar-refractivity contribution in [2.75, 3.05) is 0 Å². The van der Waals surface area contributed by atoms with Gasteiger partial charge in [0.1, 0.15) is 11.4 Å². The van der Waals surface area contributed by atoms with E-state index in [-0.39, 0.29) is 23.0 Å². The van der Waals surface area contributed by atoms with Crippen molar-refractivity contribution in [1.29, 1.82) is 0 Å². The number of aryl methyl sites for hydroxylation is 4. The van der Waals surface area contributed by atoms with E-state index < -0.39 is 0 Å². The summed E-state index contributed by atoms with van der Waals surface area (Å²) in [4.78, 5) is 37.1. The third-order valence-electron chi connectivity index (χ3n) is 4.06. The van der Waals surface area contributed by atoms with Gasteiger partial charge in [-0.3, -0.25) is 9.59 Å². The molecule has 0 saturated heterocycles. The first kappa shape index (κ1) is 13.7. The molecule has 110 valence electrons. The maximum Gasteiger partial charge on any atom is 0.224 e. The summed E-state index contributed by atoms with van der Waals surface area (Å²) >= 11 is 3.07. The molecule has 1 aliphatic carbocycles.